The van der Waals surface area contributed by atoms with Crippen LogP contribution in [0.15, 0.2) is 24.3 Å². The number of carbonyl (C=O) groups excluding carboxylic acids is 1. The summed E-state index contributed by atoms with van der Waals surface area (Å²) < 4.78 is 0. The first-order valence-electron chi connectivity index (χ1n) is 6.98. The summed E-state index contributed by atoms with van der Waals surface area (Å²) in [6.45, 7) is 3.23. The molecule has 3 nitrogen and oxygen atoms in total. The lowest BCUT2D eigenvalue weighted by atomic mass is 9.83. The highest BCUT2D eigenvalue weighted by Crippen LogP contribution is 2.26. The van der Waals surface area contributed by atoms with Gasteiger partial charge in [-0.1, -0.05) is 24.3 Å². The minimum absolute atomic E-state index is 0.0912. The molecule has 1 amide bonds. The minimum Gasteiger partial charge on any atom is -0.342 e. The molecule has 0 aliphatic heterocycles. The van der Waals surface area contributed by atoms with E-state index in [1.165, 1.54) is 11.1 Å². The Hall–Kier alpha value is -1.82. The molecule has 0 heterocycles. The Morgan fingerprint density at radius 1 is 1.42 bits per heavy atom. The number of benzene rings is 1. The van der Waals surface area contributed by atoms with Gasteiger partial charge in [-0.2, -0.15) is 5.26 Å². The molecule has 1 aromatic rings. The SMILES string of the molecule is CCN(CCC#N)C(=O)C1CCc2ccccc2C1. The number of carbonyl (C=O) groups is 1. The molecule has 0 saturated carbocycles. The number of hydrogen-bond acceptors (Lipinski definition) is 2. The maximum atomic E-state index is 12.5. The van der Waals surface area contributed by atoms with Crippen molar-refractivity contribution in [2.45, 2.75) is 32.6 Å². The van der Waals surface area contributed by atoms with Crippen molar-refractivity contribution in [1.29, 1.82) is 5.26 Å². The highest BCUT2D eigenvalue weighted by molar-refractivity contribution is 5.79. The van der Waals surface area contributed by atoms with Crippen LogP contribution < -0.4 is 0 Å². The molecule has 1 unspecified atom stereocenters. The van der Waals surface area contributed by atoms with E-state index in [0.29, 0.717) is 19.5 Å². The van der Waals surface area contributed by atoms with E-state index in [4.69, 9.17) is 5.26 Å². The zero-order chi connectivity index (χ0) is 13.7. The van der Waals surface area contributed by atoms with Gasteiger partial charge in [0.2, 0.25) is 5.91 Å². The average Bonchev–Trinajstić information content (AvgIpc) is 2.47. The molecule has 1 aliphatic rings. The van der Waals surface area contributed by atoms with Crippen LogP contribution in [0.1, 0.15) is 30.9 Å². The fraction of sp³-hybridized carbons (Fsp3) is 0.500. The van der Waals surface area contributed by atoms with Gasteiger partial charge in [0.1, 0.15) is 0 Å². The molecule has 0 spiro atoms. The van der Waals surface area contributed by atoms with E-state index in [1.807, 2.05) is 17.9 Å². The van der Waals surface area contributed by atoms with Crippen molar-refractivity contribution in [2.24, 2.45) is 5.92 Å². The van der Waals surface area contributed by atoms with Gasteiger partial charge in [0, 0.05) is 19.0 Å². The van der Waals surface area contributed by atoms with Gasteiger partial charge in [-0.15, -0.1) is 0 Å². The van der Waals surface area contributed by atoms with E-state index in [1.54, 1.807) is 0 Å². The van der Waals surface area contributed by atoms with Crippen molar-refractivity contribution < 1.29 is 4.79 Å². The summed E-state index contributed by atoms with van der Waals surface area (Å²) in [5.41, 5.74) is 2.69. The zero-order valence-electron chi connectivity index (χ0n) is 11.4. The molecular weight excluding hydrogens is 236 g/mol. The molecule has 1 atom stereocenters. The Bertz CT molecular complexity index is 490. The number of rotatable bonds is 4. The van der Waals surface area contributed by atoms with Crippen molar-refractivity contribution in [2.75, 3.05) is 13.1 Å². The number of aryl methyl sites for hydroxylation is 1. The molecule has 0 N–H and O–H groups in total. The number of amides is 1. The molecule has 19 heavy (non-hydrogen) atoms. The van der Waals surface area contributed by atoms with E-state index in [-0.39, 0.29) is 11.8 Å². The number of nitrogens with zero attached hydrogens (tertiary/aromatic N) is 2. The molecule has 0 fully saturated rings. The highest BCUT2D eigenvalue weighted by Gasteiger charge is 2.27. The number of hydrogen-bond donors (Lipinski definition) is 0. The lowest BCUT2D eigenvalue weighted by Crippen LogP contribution is -2.38. The molecule has 1 aromatic carbocycles. The predicted octanol–water partition coefficient (Wildman–Crippen LogP) is 2.55. The summed E-state index contributed by atoms with van der Waals surface area (Å²) >= 11 is 0. The third-order valence-corrected chi connectivity index (χ3v) is 3.88. The maximum Gasteiger partial charge on any atom is 0.226 e. The van der Waals surface area contributed by atoms with Gasteiger partial charge >= 0.3 is 0 Å². The van der Waals surface area contributed by atoms with Gasteiger partial charge in [-0.25, -0.2) is 0 Å². The van der Waals surface area contributed by atoms with Crippen LogP contribution >= 0.6 is 0 Å². The van der Waals surface area contributed by atoms with Gasteiger partial charge in [-0.3, -0.25) is 4.79 Å². The monoisotopic (exact) mass is 256 g/mol. The topological polar surface area (TPSA) is 44.1 Å². The van der Waals surface area contributed by atoms with Crippen molar-refractivity contribution in [3.63, 3.8) is 0 Å². The van der Waals surface area contributed by atoms with Crippen LogP contribution in [0.2, 0.25) is 0 Å². The van der Waals surface area contributed by atoms with E-state index in [2.05, 4.69) is 24.3 Å². The molecule has 100 valence electrons. The first kappa shape index (κ1) is 13.6. The number of nitriles is 1. The molecule has 2 rings (SSSR count). The van der Waals surface area contributed by atoms with Gasteiger partial charge < -0.3 is 4.90 Å². The normalized spacial score (nSPS) is 17.4. The fourth-order valence-electron chi connectivity index (χ4n) is 2.78. The Kier molecular flexibility index (Phi) is 4.57. The third-order valence-electron chi connectivity index (χ3n) is 3.88. The quantitative estimate of drug-likeness (QED) is 0.831. The molecule has 0 saturated heterocycles. The molecular formula is C16H20N2O. The second kappa shape index (κ2) is 6.38. The Morgan fingerprint density at radius 2 is 2.16 bits per heavy atom. The summed E-state index contributed by atoms with van der Waals surface area (Å²) in [6.07, 6.45) is 3.18. The first-order chi connectivity index (χ1) is 9.26. The average molecular weight is 256 g/mol. The van der Waals surface area contributed by atoms with Crippen LogP contribution in [0.3, 0.4) is 0 Å². The van der Waals surface area contributed by atoms with Crippen molar-refractivity contribution >= 4 is 5.91 Å². The van der Waals surface area contributed by atoms with Gasteiger partial charge in [0.25, 0.3) is 0 Å². The van der Waals surface area contributed by atoms with Crippen molar-refractivity contribution in [1.82, 2.24) is 4.90 Å². The van der Waals surface area contributed by atoms with Gasteiger partial charge in [-0.05, 0) is 37.3 Å². The van der Waals surface area contributed by atoms with E-state index in [0.717, 1.165) is 19.3 Å². The predicted molar refractivity (Wildman–Crippen MR) is 74.4 cm³/mol. The summed E-state index contributed by atoms with van der Waals surface area (Å²) in [5, 5.41) is 8.64. The fourth-order valence-corrected chi connectivity index (χ4v) is 2.78. The van der Waals surface area contributed by atoms with E-state index >= 15 is 0 Å². The molecule has 0 radical (unpaired) electrons. The molecule has 3 heteroatoms. The van der Waals surface area contributed by atoms with Crippen LogP contribution in [-0.4, -0.2) is 23.9 Å². The maximum absolute atomic E-state index is 12.5. The van der Waals surface area contributed by atoms with Crippen LogP contribution in [-0.2, 0) is 17.6 Å². The largest absolute Gasteiger partial charge is 0.342 e. The summed E-state index contributed by atoms with van der Waals surface area (Å²) in [7, 11) is 0. The van der Waals surface area contributed by atoms with Gasteiger partial charge in [0.15, 0.2) is 0 Å². The summed E-state index contributed by atoms with van der Waals surface area (Å²) in [5.74, 6) is 0.306. The summed E-state index contributed by atoms with van der Waals surface area (Å²) in [4.78, 5) is 14.3. The highest BCUT2D eigenvalue weighted by atomic mass is 16.2. The Labute approximate surface area is 114 Å². The van der Waals surface area contributed by atoms with Crippen LogP contribution in [0.4, 0.5) is 0 Å². The second-order valence-corrected chi connectivity index (χ2v) is 5.03. The number of fused-ring (bicyclic) bond motifs is 1. The van der Waals surface area contributed by atoms with Crippen LogP contribution in [0.25, 0.3) is 0 Å². The molecule has 0 bridgehead atoms. The standard InChI is InChI=1S/C16H20N2O/c1-2-18(11-5-10-17)16(19)15-9-8-13-6-3-4-7-14(13)12-15/h3-4,6-7,15H,2,5,8-9,11-12H2,1H3. The zero-order valence-corrected chi connectivity index (χ0v) is 11.4. The van der Waals surface area contributed by atoms with Crippen molar-refractivity contribution in [3.8, 4) is 6.07 Å². The molecule has 1 aliphatic carbocycles. The molecule has 0 aromatic heterocycles. The minimum atomic E-state index is 0.0912. The van der Waals surface area contributed by atoms with Gasteiger partial charge in [0.05, 0.1) is 12.5 Å². The van der Waals surface area contributed by atoms with Crippen LogP contribution in [0.5, 0.6) is 0 Å². The van der Waals surface area contributed by atoms with E-state index in [9.17, 15) is 4.79 Å². The third kappa shape index (κ3) is 3.14. The van der Waals surface area contributed by atoms with Crippen LogP contribution in [0, 0.1) is 17.2 Å². The smallest absolute Gasteiger partial charge is 0.226 e. The van der Waals surface area contributed by atoms with Crippen molar-refractivity contribution in [3.05, 3.63) is 35.4 Å². The van der Waals surface area contributed by atoms with E-state index < -0.39 is 0 Å². The second-order valence-electron chi connectivity index (χ2n) is 5.03. The Morgan fingerprint density at radius 3 is 2.84 bits per heavy atom. The Balaban J connectivity index is 2.03. The summed E-state index contributed by atoms with van der Waals surface area (Å²) in [6, 6.07) is 10.5. The first-order valence-corrected chi connectivity index (χ1v) is 6.98. The lowest BCUT2D eigenvalue weighted by Gasteiger charge is -2.29. The lowest BCUT2D eigenvalue weighted by molar-refractivity contribution is -0.135.